The number of unbranched alkanes of at least 4 members (excludes halogenated alkanes) is 1. The minimum Gasteiger partial charge on any atom is -0.481 e. The molecule has 31 heavy (non-hydrogen) atoms. The fourth-order valence-corrected chi connectivity index (χ4v) is 3.23. The number of aliphatic hydroxyl groups excluding tert-OH is 1. The van der Waals surface area contributed by atoms with Crippen molar-refractivity contribution in [2.45, 2.75) is 45.6 Å². The molecule has 0 heterocycles. The summed E-state index contributed by atoms with van der Waals surface area (Å²) in [5.74, 6) is -1.51. The van der Waals surface area contributed by atoms with Crippen LogP contribution < -0.4 is 5.32 Å². The number of aliphatic carboxylic acids is 1. The lowest BCUT2D eigenvalue weighted by molar-refractivity contribution is -0.152. The Morgan fingerprint density at radius 2 is 1.84 bits per heavy atom. The number of hydrogen-bond acceptors (Lipinski definition) is 4. The number of aryl methyl sites for hydroxylation is 1. The molecule has 0 aliphatic rings. The molecule has 6 nitrogen and oxygen atoms in total. The first-order valence-electron chi connectivity index (χ1n) is 10.4. The summed E-state index contributed by atoms with van der Waals surface area (Å²) in [7, 11) is 0. The second kappa shape index (κ2) is 11.5. The minimum absolute atomic E-state index is 0.246. The number of hydrogen-bond donors (Lipinski definition) is 3. The maximum absolute atomic E-state index is 14.0. The molecule has 0 saturated carbocycles. The van der Waals surface area contributed by atoms with Gasteiger partial charge in [0.1, 0.15) is 11.2 Å². The van der Waals surface area contributed by atoms with Crippen LogP contribution in [0.1, 0.15) is 38.7 Å². The van der Waals surface area contributed by atoms with Crippen LogP contribution in [0.25, 0.3) is 11.1 Å². The molecule has 2 rings (SSSR count). The van der Waals surface area contributed by atoms with E-state index in [2.05, 4.69) is 5.32 Å². The highest BCUT2D eigenvalue weighted by Crippen LogP contribution is 2.27. The van der Waals surface area contributed by atoms with Crippen molar-refractivity contribution >= 4 is 12.1 Å². The van der Waals surface area contributed by atoms with E-state index in [-0.39, 0.29) is 18.8 Å². The number of carbonyl (C=O) groups excluding carboxylic acids is 1. The van der Waals surface area contributed by atoms with Gasteiger partial charge < -0.3 is 20.3 Å². The predicted octanol–water partition coefficient (Wildman–Crippen LogP) is 4.40. The molecule has 2 aromatic carbocycles. The van der Waals surface area contributed by atoms with E-state index in [0.717, 1.165) is 17.5 Å². The van der Waals surface area contributed by atoms with Crippen LogP contribution in [0, 0.1) is 11.2 Å². The quantitative estimate of drug-likeness (QED) is 0.458. The molecule has 0 spiro atoms. The first-order chi connectivity index (χ1) is 14.8. The molecule has 1 amide bonds. The number of benzene rings is 2. The smallest absolute Gasteiger partial charge is 0.407 e. The summed E-state index contributed by atoms with van der Waals surface area (Å²) >= 11 is 0. The Balaban J connectivity index is 2.10. The van der Waals surface area contributed by atoms with Gasteiger partial charge in [0.2, 0.25) is 0 Å². The molecule has 7 heteroatoms. The highest BCUT2D eigenvalue weighted by atomic mass is 19.1. The van der Waals surface area contributed by atoms with Gasteiger partial charge in [-0.3, -0.25) is 4.79 Å². The molecule has 0 aliphatic carbocycles. The van der Waals surface area contributed by atoms with Gasteiger partial charge in [-0.05, 0) is 43.4 Å². The summed E-state index contributed by atoms with van der Waals surface area (Å²) < 4.78 is 19.1. The Bertz CT molecular complexity index is 871. The van der Waals surface area contributed by atoms with Gasteiger partial charge in [-0.15, -0.1) is 0 Å². The van der Waals surface area contributed by atoms with Gasteiger partial charge in [-0.2, -0.15) is 0 Å². The predicted molar refractivity (Wildman–Crippen MR) is 116 cm³/mol. The highest BCUT2D eigenvalue weighted by molar-refractivity contribution is 5.77. The van der Waals surface area contributed by atoms with Crippen LogP contribution >= 0.6 is 0 Å². The maximum atomic E-state index is 14.0. The number of carboxylic acid groups (broad SMARTS) is 1. The van der Waals surface area contributed by atoms with Crippen LogP contribution in [0.4, 0.5) is 9.18 Å². The first kappa shape index (κ1) is 24.3. The van der Waals surface area contributed by atoms with Gasteiger partial charge in [0.25, 0.3) is 0 Å². The zero-order valence-electron chi connectivity index (χ0n) is 17.9. The SMILES string of the molecule is CCCCOC(=O)NC(CCc1ccc(-c2ccccc2F)cc1)C(C)(CO)C(=O)O. The number of rotatable bonds is 11. The summed E-state index contributed by atoms with van der Waals surface area (Å²) in [6.07, 6.45) is 1.62. The Hall–Kier alpha value is -2.93. The molecule has 0 saturated heterocycles. The maximum Gasteiger partial charge on any atom is 0.407 e. The van der Waals surface area contributed by atoms with Gasteiger partial charge in [0.15, 0.2) is 0 Å². The Labute approximate surface area is 182 Å². The van der Waals surface area contributed by atoms with Crippen molar-refractivity contribution in [3.8, 4) is 11.1 Å². The number of amides is 1. The number of alkyl carbamates (subject to hydrolysis) is 1. The summed E-state index contributed by atoms with van der Waals surface area (Å²) in [4.78, 5) is 23.9. The lowest BCUT2D eigenvalue weighted by atomic mass is 9.80. The van der Waals surface area contributed by atoms with Gasteiger partial charge in [0.05, 0.1) is 19.3 Å². The third-order valence-corrected chi connectivity index (χ3v) is 5.47. The van der Waals surface area contributed by atoms with E-state index in [1.54, 1.807) is 30.3 Å². The molecule has 0 aliphatic heterocycles. The van der Waals surface area contributed by atoms with Gasteiger partial charge in [-0.25, -0.2) is 9.18 Å². The molecule has 2 atom stereocenters. The van der Waals surface area contributed by atoms with Gasteiger partial charge in [-0.1, -0.05) is 55.8 Å². The van der Waals surface area contributed by atoms with Crippen molar-refractivity contribution in [2.75, 3.05) is 13.2 Å². The molecule has 0 radical (unpaired) electrons. The number of carboxylic acids is 1. The third-order valence-electron chi connectivity index (χ3n) is 5.47. The van der Waals surface area contributed by atoms with Crippen molar-refractivity contribution in [3.05, 3.63) is 59.9 Å². The largest absolute Gasteiger partial charge is 0.481 e. The van der Waals surface area contributed by atoms with Gasteiger partial charge in [0, 0.05) is 5.56 Å². The zero-order chi connectivity index (χ0) is 22.9. The molecule has 3 N–H and O–H groups in total. The van der Waals surface area contributed by atoms with Crippen molar-refractivity contribution in [2.24, 2.45) is 5.41 Å². The van der Waals surface area contributed by atoms with Crippen molar-refractivity contribution < 1.29 is 28.9 Å². The van der Waals surface area contributed by atoms with Crippen LogP contribution in [-0.2, 0) is 16.0 Å². The van der Waals surface area contributed by atoms with Crippen LogP contribution in [0.5, 0.6) is 0 Å². The van der Waals surface area contributed by atoms with Crippen molar-refractivity contribution in [1.82, 2.24) is 5.32 Å². The van der Waals surface area contributed by atoms with Crippen LogP contribution in [0.2, 0.25) is 0 Å². The number of halogens is 1. The number of nitrogens with one attached hydrogen (secondary N) is 1. The summed E-state index contributed by atoms with van der Waals surface area (Å²) in [6.45, 7) is 2.98. The molecular formula is C24H30FNO5. The standard InChI is InChI=1S/C24H30FNO5/c1-3-4-15-31-23(30)26-21(24(2,16-27)22(28)29)14-11-17-9-12-18(13-10-17)19-7-5-6-8-20(19)25/h5-10,12-13,21,27H,3-4,11,14-16H2,1-2H3,(H,26,30)(H,28,29). The Morgan fingerprint density at radius 1 is 1.16 bits per heavy atom. The van der Waals surface area contributed by atoms with E-state index in [0.29, 0.717) is 18.4 Å². The fraction of sp³-hybridized carbons (Fsp3) is 0.417. The van der Waals surface area contributed by atoms with E-state index >= 15 is 0 Å². The van der Waals surface area contributed by atoms with Crippen molar-refractivity contribution in [3.63, 3.8) is 0 Å². The number of carbonyl (C=O) groups is 2. The second-order valence-corrected chi connectivity index (χ2v) is 7.78. The fourth-order valence-electron chi connectivity index (χ4n) is 3.23. The van der Waals surface area contributed by atoms with E-state index in [4.69, 9.17) is 4.74 Å². The van der Waals surface area contributed by atoms with Gasteiger partial charge >= 0.3 is 12.1 Å². The molecular weight excluding hydrogens is 401 g/mol. The van der Waals surface area contributed by atoms with E-state index in [1.807, 2.05) is 19.1 Å². The van der Waals surface area contributed by atoms with Crippen LogP contribution in [0.15, 0.2) is 48.5 Å². The summed E-state index contributed by atoms with van der Waals surface area (Å²) in [6, 6.07) is 13.0. The molecule has 0 aromatic heterocycles. The highest BCUT2D eigenvalue weighted by Gasteiger charge is 2.42. The molecule has 0 bridgehead atoms. The molecule has 2 unspecified atom stereocenters. The lowest BCUT2D eigenvalue weighted by Crippen LogP contribution is -2.52. The van der Waals surface area contributed by atoms with E-state index in [9.17, 15) is 24.2 Å². The van der Waals surface area contributed by atoms with Crippen molar-refractivity contribution in [1.29, 1.82) is 0 Å². The Kier molecular flexibility index (Phi) is 9.00. The third kappa shape index (κ3) is 6.52. The summed E-state index contributed by atoms with van der Waals surface area (Å²) in [5.41, 5.74) is 0.581. The number of aliphatic hydroxyl groups is 1. The average Bonchev–Trinajstić information content (AvgIpc) is 2.77. The molecule has 168 valence electrons. The number of ether oxygens (including phenoxy) is 1. The van der Waals surface area contributed by atoms with Crippen LogP contribution in [0.3, 0.4) is 0 Å². The first-order valence-corrected chi connectivity index (χ1v) is 10.4. The normalized spacial score (nSPS) is 13.8. The lowest BCUT2D eigenvalue weighted by Gasteiger charge is -2.32. The topological polar surface area (TPSA) is 95.9 Å². The zero-order valence-corrected chi connectivity index (χ0v) is 17.9. The minimum atomic E-state index is -1.56. The second-order valence-electron chi connectivity index (χ2n) is 7.78. The van der Waals surface area contributed by atoms with E-state index < -0.39 is 30.1 Å². The monoisotopic (exact) mass is 431 g/mol. The van der Waals surface area contributed by atoms with E-state index in [1.165, 1.54) is 13.0 Å². The average molecular weight is 432 g/mol. The molecule has 2 aromatic rings. The van der Waals surface area contributed by atoms with Crippen LogP contribution in [-0.4, -0.2) is 41.5 Å². The Morgan fingerprint density at radius 3 is 2.42 bits per heavy atom. The summed E-state index contributed by atoms with van der Waals surface area (Å²) in [5, 5.41) is 22.0. The molecule has 0 fully saturated rings.